The molecule has 0 amide bonds. The molecule has 2 heterocycles. The van der Waals surface area contributed by atoms with Gasteiger partial charge in [0.25, 0.3) is 0 Å². The van der Waals surface area contributed by atoms with E-state index < -0.39 is 12.1 Å². The van der Waals surface area contributed by atoms with E-state index in [1.807, 2.05) is 43.3 Å². The summed E-state index contributed by atoms with van der Waals surface area (Å²) in [5, 5.41) is 3.13. The molecular formula is C31H29NO7. The maximum atomic E-state index is 13.9. The summed E-state index contributed by atoms with van der Waals surface area (Å²) in [5.74, 6) is 0.518. The number of hydrogen-bond donors (Lipinski definition) is 0. The molecule has 39 heavy (non-hydrogen) atoms. The minimum atomic E-state index is -0.533. The molecule has 8 nitrogen and oxygen atoms in total. The highest BCUT2D eigenvalue weighted by atomic mass is 17.3. The number of esters is 1. The number of aldehydes is 1. The molecule has 1 atom stereocenters. The van der Waals surface area contributed by atoms with Crippen molar-refractivity contribution in [3.8, 4) is 17.2 Å². The summed E-state index contributed by atoms with van der Waals surface area (Å²) in [5.41, 5.74) is 3.79. The molecule has 8 heteroatoms. The Morgan fingerprint density at radius 1 is 1.00 bits per heavy atom. The maximum absolute atomic E-state index is 13.9. The van der Waals surface area contributed by atoms with Crippen LogP contribution in [0.15, 0.2) is 80.7 Å². The van der Waals surface area contributed by atoms with Crippen molar-refractivity contribution in [1.82, 2.24) is 4.91 Å². The van der Waals surface area contributed by atoms with Crippen LogP contribution in [0.1, 0.15) is 56.3 Å². The monoisotopic (exact) mass is 527 g/mol. The Hall–Kier alpha value is -4.46. The zero-order chi connectivity index (χ0) is 26.9. The van der Waals surface area contributed by atoms with Gasteiger partial charge in [-0.3, -0.25) is 4.79 Å². The van der Waals surface area contributed by atoms with Crippen molar-refractivity contribution in [2.45, 2.75) is 52.1 Å². The number of benzene rings is 3. The second-order valence-corrected chi connectivity index (χ2v) is 10.0. The number of rotatable bonds is 4. The highest BCUT2D eigenvalue weighted by molar-refractivity contribution is 6.20. The fourth-order valence-corrected chi connectivity index (χ4v) is 5.27. The molecule has 0 spiro atoms. The van der Waals surface area contributed by atoms with Crippen LogP contribution in [0.2, 0.25) is 0 Å². The zero-order valence-corrected chi connectivity index (χ0v) is 21.9. The predicted octanol–water partition coefficient (Wildman–Crippen LogP) is 7.21. The van der Waals surface area contributed by atoms with Crippen molar-refractivity contribution in [2.24, 2.45) is 0 Å². The lowest BCUT2D eigenvalue weighted by molar-refractivity contribution is -0.105. The molecule has 0 N–H and O–H groups in total. The SMILES string of the molecule is CC1=CCCC(C=O)=CCC(OC(=O)c2cc3c(c4c2c(-n2oo2)cc2ccccc24)OCO3)C(C)=CCC1. The summed E-state index contributed by atoms with van der Waals surface area (Å²) in [7, 11) is 0. The van der Waals surface area contributed by atoms with Gasteiger partial charge in [0.1, 0.15) is 18.1 Å². The molecule has 6 rings (SSSR count). The van der Waals surface area contributed by atoms with Gasteiger partial charge in [0.15, 0.2) is 11.5 Å². The van der Waals surface area contributed by atoms with Gasteiger partial charge < -0.3 is 14.2 Å². The smallest absolute Gasteiger partial charge is 0.339 e. The van der Waals surface area contributed by atoms with Crippen LogP contribution in [-0.2, 0) is 9.53 Å². The second-order valence-electron chi connectivity index (χ2n) is 10.0. The van der Waals surface area contributed by atoms with Gasteiger partial charge >= 0.3 is 5.97 Å². The average molecular weight is 528 g/mol. The van der Waals surface area contributed by atoms with Crippen LogP contribution in [0.3, 0.4) is 0 Å². The quantitative estimate of drug-likeness (QED) is 0.0910. The fraction of sp³-hybridized carbons (Fsp3) is 0.290. The number of allylic oxidation sites excluding steroid dienone is 4. The molecule has 0 bridgehead atoms. The summed E-state index contributed by atoms with van der Waals surface area (Å²) >= 11 is 0. The fourth-order valence-electron chi connectivity index (χ4n) is 5.27. The molecule has 2 aliphatic rings. The van der Waals surface area contributed by atoms with Gasteiger partial charge in [-0.05, 0) is 73.6 Å². The number of fused-ring (bicyclic) bond motifs is 5. The van der Waals surface area contributed by atoms with Gasteiger partial charge in [0, 0.05) is 17.2 Å². The average Bonchev–Trinajstić information content (AvgIpc) is 3.68. The van der Waals surface area contributed by atoms with E-state index in [4.69, 9.17) is 23.6 Å². The third kappa shape index (κ3) is 4.90. The summed E-state index contributed by atoms with van der Waals surface area (Å²) in [6.07, 6.45) is 10.2. The standard InChI is InChI=1S/C31H29NO7/c1-19-7-5-9-20(2)26(14-13-21(17-33)10-6-8-19)37-31(34)24-16-27-30(36-18-35-27)29-23-12-4-3-11-22(23)15-25(28(24)29)32-38-39-32/h3-4,8-9,11-13,15-17,26H,5-7,10,14,18H2,1-2H3. The molecule has 0 saturated carbocycles. The molecule has 1 aromatic heterocycles. The first-order chi connectivity index (χ1) is 19.0. The Morgan fingerprint density at radius 3 is 2.64 bits per heavy atom. The molecule has 0 fully saturated rings. The predicted molar refractivity (Wildman–Crippen MR) is 145 cm³/mol. The summed E-state index contributed by atoms with van der Waals surface area (Å²) in [4.78, 5) is 26.9. The van der Waals surface area contributed by atoms with E-state index in [0.717, 1.165) is 47.3 Å². The Morgan fingerprint density at radius 2 is 1.82 bits per heavy atom. The highest BCUT2D eigenvalue weighted by Gasteiger charge is 2.30. The molecule has 1 aliphatic carbocycles. The summed E-state index contributed by atoms with van der Waals surface area (Å²) in [6.45, 7) is 4.12. The van der Waals surface area contributed by atoms with Gasteiger partial charge in [0.2, 0.25) is 6.79 Å². The number of hydrogen-bond acceptors (Lipinski definition) is 7. The summed E-state index contributed by atoms with van der Waals surface area (Å²) in [6, 6.07) is 11.4. The van der Waals surface area contributed by atoms with E-state index in [2.05, 4.69) is 19.1 Å². The lowest BCUT2D eigenvalue weighted by atomic mass is 9.95. The lowest BCUT2D eigenvalue weighted by Crippen LogP contribution is -2.20. The van der Waals surface area contributed by atoms with Gasteiger partial charge in [-0.15, -0.1) is 9.36 Å². The topological polar surface area (TPSA) is 93.0 Å². The van der Waals surface area contributed by atoms with Crippen LogP contribution in [0.5, 0.6) is 11.5 Å². The Balaban J connectivity index is 1.45. The molecule has 3 aromatic carbocycles. The number of ether oxygens (including phenoxy) is 3. The lowest BCUT2D eigenvalue weighted by Gasteiger charge is -2.20. The number of aromatic nitrogens is 1. The third-order valence-electron chi connectivity index (χ3n) is 7.44. The Kier molecular flexibility index (Phi) is 6.60. The van der Waals surface area contributed by atoms with Crippen molar-refractivity contribution < 1.29 is 33.2 Å². The first kappa shape index (κ1) is 24.9. The van der Waals surface area contributed by atoms with Crippen LogP contribution in [0.25, 0.3) is 27.2 Å². The normalized spacial score (nSPS) is 18.2. The van der Waals surface area contributed by atoms with Crippen LogP contribution in [0.4, 0.5) is 0 Å². The van der Waals surface area contributed by atoms with Gasteiger partial charge in [-0.2, -0.15) is 0 Å². The Labute approximate surface area is 224 Å². The van der Waals surface area contributed by atoms with Crippen LogP contribution in [-0.4, -0.2) is 30.1 Å². The van der Waals surface area contributed by atoms with Crippen molar-refractivity contribution in [2.75, 3.05) is 6.79 Å². The van der Waals surface area contributed by atoms with Crippen molar-refractivity contribution in [1.29, 1.82) is 0 Å². The van der Waals surface area contributed by atoms with E-state index in [9.17, 15) is 9.59 Å². The molecule has 0 saturated heterocycles. The molecule has 4 aromatic rings. The third-order valence-corrected chi connectivity index (χ3v) is 7.44. The van der Waals surface area contributed by atoms with Crippen molar-refractivity contribution in [3.63, 3.8) is 0 Å². The largest absolute Gasteiger partial charge is 0.454 e. The highest BCUT2D eigenvalue weighted by Crippen LogP contribution is 2.47. The molecule has 0 radical (unpaired) electrons. The second kappa shape index (κ2) is 10.4. The van der Waals surface area contributed by atoms with E-state index in [1.165, 1.54) is 10.5 Å². The van der Waals surface area contributed by atoms with E-state index in [0.29, 0.717) is 46.6 Å². The minimum Gasteiger partial charge on any atom is -0.454 e. The number of carbonyl (C=O) groups is 2. The molecule has 1 aliphatic heterocycles. The first-order valence-corrected chi connectivity index (χ1v) is 13.1. The summed E-state index contributed by atoms with van der Waals surface area (Å²) < 4.78 is 27.8. The van der Waals surface area contributed by atoms with E-state index >= 15 is 0 Å². The first-order valence-electron chi connectivity index (χ1n) is 13.1. The minimum absolute atomic E-state index is 0.0514. The van der Waals surface area contributed by atoms with E-state index in [-0.39, 0.29) is 6.79 Å². The van der Waals surface area contributed by atoms with E-state index in [1.54, 1.807) is 6.07 Å². The number of carbonyl (C=O) groups excluding carboxylic acids is 2. The zero-order valence-electron chi connectivity index (χ0n) is 21.9. The van der Waals surface area contributed by atoms with Gasteiger partial charge in [0.05, 0.1) is 10.5 Å². The van der Waals surface area contributed by atoms with Gasteiger partial charge in [-0.1, -0.05) is 48.1 Å². The molecular weight excluding hydrogens is 498 g/mol. The molecule has 200 valence electrons. The maximum Gasteiger partial charge on any atom is 0.339 e. The Bertz CT molecular complexity index is 1650. The van der Waals surface area contributed by atoms with Crippen molar-refractivity contribution >= 4 is 33.8 Å². The van der Waals surface area contributed by atoms with Gasteiger partial charge in [-0.25, -0.2) is 4.79 Å². The number of nitrogens with zero attached hydrogens (tertiary/aromatic N) is 1. The van der Waals surface area contributed by atoms with Crippen LogP contribution in [0, 0.1) is 0 Å². The molecule has 1 unspecified atom stereocenters. The van der Waals surface area contributed by atoms with Crippen LogP contribution < -0.4 is 9.47 Å². The van der Waals surface area contributed by atoms with Crippen LogP contribution >= 0.6 is 0 Å². The van der Waals surface area contributed by atoms with Crippen molar-refractivity contribution in [3.05, 3.63) is 76.9 Å².